The highest BCUT2D eigenvalue weighted by Gasteiger charge is 2.15. The maximum Gasteiger partial charge on any atom is 0.134 e. The molecular formula is C16H23NO. The fourth-order valence-electron chi connectivity index (χ4n) is 2.54. The van der Waals surface area contributed by atoms with Crippen LogP contribution in [0.4, 0.5) is 0 Å². The summed E-state index contributed by atoms with van der Waals surface area (Å²) in [5.74, 6) is 1.07. The molecule has 1 N–H and O–H groups in total. The summed E-state index contributed by atoms with van der Waals surface area (Å²) in [6, 6.07) is 6.84. The fourth-order valence-corrected chi connectivity index (χ4v) is 2.54. The van der Waals surface area contributed by atoms with Crippen LogP contribution in [0.5, 0.6) is 0 Å². The molecule has 0 saturated carbocycles. The smallest absolute Gasteiger partial charge is 0.134 e. The van der Waals surface area contributed by atoms with Crippen molar-refractivity contribution >= 4 is 11.0 Å². The molecule has 1 atom stereocenters. The summed E-state index contributed by atoms with van der Waals surface area (Å²) < 4.78 is 5.98. The zero-order valence-electron chi connectivity index (χ0n) is 11.8. The molecule has 0 saturated heterocycles. The summed E-state index contributed by atoms with van der Waals surface area (Å²) in [6.07, 6.45) is 2.32. The monoisotopic (exact) mass is 245 g/mol. The Kier molecular flexibility index (Phi) is 4.07. The van der Waals surface area contributed by atoms with Crippen LogP contribution < -0.4 is 5.32 Å². The van der Waals surface area contributed by atoms with E-state index >= 15 is 0 Å². The third-order valence-corrected chi connectivity index (χ3v) is 3.48. The quantitative estimate of drug-likeness (QED) is 0.846. The zero-order valence-corrected chi connectivity index (χ0v) is 11.8. The summed E-state index contributed by atoms with van der Waals surface area (Å²) in [5.41, 5.74) is 3.68. The van der Waals surface area contributed by atoms with Crippen molar-refractivity contribution in [2.45, 2.75) is 46.6 Å². The van der Waals surface area contributed by atoms with Crippen molar-refractivity contribution < 1.29 is 4.42 Å². The van der Waals surface area contributed by atoms with Crippen molar-refractivity contribution in [3.05, 3.63) is 35.1 Å². The van der Waals surface area contributed by atoms with E-state index in [9.17, 15) is 0 Å². The third kappa shape index (κ3) is 2.44. The molecule has 0 fully saturated rings. The van der Waals surface area contributed by atoms with Gasteiger partial charge in [-0.3, -0.25) is 0 Å². The van der Waals surface area contributed by atoms with Crippen LogP contribution in [0, 0.1) is 6.92 Å². The van der Waals surface area contributed by atoms with Crippen LogP contribution in [0.3, 0.4) is 0 Å². The van der Waals surface area contributed by atoms with Gasteiger partial charge in [0.2, 0.25) is 0 Å². The van der Waals surface area contributed by atoms with E-state index in [4.69, 9.17) is 4.42 Å². The van der Waals surface area contributed by atoms with E-state index in [1.54, 1.807) is 0 Å². The van der Waals surface area contributed by atoms with Gasteiger partial charge >= 0.3 is 0 Å². The maximum atomic E-state index is 5.98. The summed E-state index contributed by atoms with van der Waals surface area (Å²) in [7, 11) is 0. The number of hydrogen-bond donors (Lipinski definition) is 1. The average molecular weight is 245 g/mol. The van der Waals surface area contributed by atoms with E-state index in [-0.39, 0.29) is 6.04 Å². The summed E-state index contributed by atoms with van der Waals surface area (Å²) in [4.78, 5) is 0. The fraction of sp³-hybridized carbons (Fsp3) is 0.500. The van der Waals surface area contributed by atoms with Crippen LogP contribution in [0.1, 0.15) is 50.1 Å². The summed E-state index contributed by atoms with van der Waals surface area (Å²) >= 11 is 0. The van der Waals surface area contributed by atoms with Crippen molar-refractivity contribution in [1.29, 1.82) is 0 Å². The van der Waals surface area contributed by atoms with E-state index in [2.05, 4.69) is 51.2 Å². The van der Waals surface area contributed by atoms with Gasteiger partial charge in [0.05, 0.1) is 6.04 Å². The van der Waals surface area contributed by atoms with Crippen LogP contribution in [0.25, 0.3) is 11.0 Å². The Morgan fingerprint density at radius 2 is 2.06 bits per heavy atom. The van der Waals surface area contributed by atoms with Crippen LogP contribution in [0.15, 0.2) is 22.6 Å². The van der Waals surface area contributed by atoms with E-state index in [1.165, 1.54) is 22.9 Å². The predicted molar refractivity (Wildman–Crippen MR) is 77.0 cm³/mol. The standard InChI is InChI=1S/C16H23NO/c1-5-7-13-8-9-15-14(10-13)11(3)16(18-15)12(4)17-6-2/h8-10,12,17H,5-7H2,1-4H3. The second-order valence-corrected chi connectivity index (χ2v) is 4.95. The number of aryl methyl sites for hydroxylation is 2. The molecule has 0 aliphatic carbocycles. The minimum atomic E-state index is 0.275. The Morgan fingerprint density at radius 1 is 1.28 bits per heavy atom. The first-order valence-electron chi connectivity index (χ1n) is 6.92. The van der Waals surface area contributed by atoms with Gasteiger partial charge in [-0.1, -0.05) is 26.3 Å². The predicted octanol–water partition coefficient (Wildman–Crippen LogP) is 4.36. The molecule has 18 heavy (non-hydrogen) atoms. The van der Waals surface area contributed by atoms with Crippen LogP contribution in [-0.4, -0.2) is 6.54 Å². The SMILES string of the molecule is CCCc1ccc2oc(C(C)NCC)c(C)c2c1. The molecule has 0 radical (unpaired) electrons. The molecule has 0 bridgehead atoms. The van der Waals surface area contributed by atoms with Gasteiger partial charge in [0.15, 0.2) is 0 Å². The maximum absolute atomic E-state index is 5.98. The first-order chi connectivity index (χ1) is 8.67. The molecule has 2 rings (SSSR count). The number of hydrogen-bond acceptors (Lipinski definition) is 2. The average Bonchev–Trinajstić information content (AvgIpc) is 2.68. The highest BCUT2D eigenvalue weighted by Crippen LogP contribution is 2.30. The second-order valence-electron chi connectivity index (χ2n) is 4.95. The van der Waals surface area contributed by atoms with E-state index in [0.29, 0.717) is 0 Å². The zero-order chi connectivity index (χ0) is 13.1. The molecule has 0 spiro atoms. The van der Waals surface area contributed by atoms with Crippen LogP contribution in [-0.2, 0) is 6.42 Å². The Labute approximate surface area is 109 Å². The van der Waals surface area contributed by atoms with Gasteiger partial charge in [0.25, 0.3) is 0 Å². The highest BCUT2D eigenvalue weighted by molar-refractivity contribution is 5.82. The second kappa shape index (κ2) is 5.57. The van der Waals surface area contributed by atoms with Gasteiger partial charge in [-0.05, 0) is 50.1 Å². The molecule has 2 heteroatoms. The normalized spacial score (nSPS) is 13.1. The van der Waals surface area contributed by atoms with E-state index < -0.39 is 0 Å². The summed E-state index contributed by atoms with van der Waals surface area (Å²) in [6.45, 7) is 9.60. The minimum Gasteiger partial charge on any atom is -0.459 e. The lowest BCUT2D eigenvalue weighted by molar-refractivity contribution is 0.456. The van der Waals surface area contributed by atoms with Gasteiger partial charge in [-0.2, -0.15) is 0 Å². The third-order valence-electron chi connectivity index (χ3n) is 3.48. The molecule has 2 nitrogen and oxygen atoms in total. The molecule has 0 aliphatic rings. The van der Waals surface area contributed by atoms with Crippen molar-refractivity contribution in [3.8, 4) is 0 Å². The van der Waals surface area contributed by atoms with Gasteiger partial charge in [-0.15, -0.1) is 0 Å². The summed E-state index contributed by atoms with van der Waals surface area (Å²) in [5, 5.41) is 4.67. The van der Waals surface area contributed by atoms with Crippen molar-refractivity contribution in [2.24, 2.45) is 0 Å². The van der Waals surface area contributed by atoms with Gasteiger partial charge < -0.3 is 9.73 Å². The lowest BCUT2D eigenvalue weighted by atomic mass is 10.0. The highest BCUT2D eigenvalue weighted by atomic mass is 16.3. The topological polar surface area (TPSA) is 25.2 Å². The van der Waals surface area contributed by atoms with Crippen molar-refractivity contribution in [3.63, 3.8) is 0 Å². The number of nitrogens with one attached hydrogen (secondary N) is 1. The molecule has 1 aromatic heterocycles. The largest absolute Gasteiger partial charge is 0.459 e. The molecule has 1 heterocycles. The molecule has 1 aromatic carbocycles. The Morgan fingerprint density at radius 3 is 2.72 bits per heavy atom. The number of fused-ring (bicyclic) bond motifs is 1. The molecule has 98 valence electrons. The molecular weight excluding hydrogens is 222 g/mol. The van der Waals surface area contributed by atoms with Gasteiger partial charge in [0, 0.05) is 5.39 Å². The number of benzene rings is 1. The van der Waals surface area contributed by atoms with Crippen LogP contribution >= 0.6 is 0 Å². The molecule has 2 aromatic rings. The van der Waals surface area contributed by atoms with Crippen LogP contribution in [0.2, 0.25) is 0 Å². The minimum absolute atomic E-state index is 0.275. The van der Waals surface area contributed by atoms with Gasteiger partial charge in [-0.25, -0.2) is 0 Å². The first-order valence-corrected chi connectivity index (χ1v) is 6.92. The van der Waals surface area contributed by atoms with Crippen molar-refractivity contribution in [1.82, 2.24) is 5.32 Å². The Balaban J connectivity index is 2.42. The first kappa shape index (κ1) is 13.2. The molecule has 0 amide bonds. The molecule has 0 aliphatic heterocycles. The Hall–Kier alpha value is -1.28. The number of furan rings is 1. The lowest BCUT2D eigenvalue weighted by Gasteiger charge is -2.09. The number of rotatable bonds is 5. The van der Waals surface area contributed by atoms with Gasteiger partial charge in [0.1, 0.15) is 11.3 Å². The van der Waals surface area contributed by atoms with E-state index in [0.717, 1.165) is 24.3 Å². The lowest BCUT2D eigenvalue weighted by Crippen LogP contribution is -2.17. The van der Waals surface area contributed by atoms with E-state index in [1.807, 2.05) is 0 Å². The van der Waals surface area contributed by atoms with Crippen molar-refractivity contribution in [2.75, 3.05) is 6.54 Å². The molecule has 1 unspecified atom stereocenters. The Bertz CT molecular complexity index is 527.